The summed E-state index contributed by atoms with van der Waals surface area (Å²) in [6.07, 6.45) is 1.46. The lowest BCUT2D eigenvalue weighted by atomic mass is 10.1. The van der Waals surface area contributed by atoms with E-state index in [1.807, 2.05) is 36.4 Å². The average Bonchev–Trinajstić information content (AvgIpc) is 2.35. The average molecular weight is 239 g/mol. The normalized spacial score (nSPS) is 10.9. The van der Waals surface area contributed by atoms with Crippen LogP contribution < -0.4 is 0 Å². The van der Waals surface area contributed by atoms with Crippen LogP contribution >= 0.6 is 0 Å². The van der Waals surface area contributed by atoms with Crippen molar-refractivity contribution in [1.29, 1.82) is 0 Å². The molecule has 0 fully saturated rings. The Balaban J connectivity index is 2.20. The Morgan fingerprint density at radius 3 is 2.44 bits per heavy atom. The van der Waals surface area contributed by atoms with Crippen molar-refractivity contribution in [2.75, 3.05) is 0 Å². The molecular formula is C13H9N3O2. The molecule has 0 atom stereocenters. The Kier molecular flexibility index (Phi) is 2.37. The van der Waals surface area contributed by atoms with Gasteiger partial charge in [-0.3, -0.25) is 15.1 Å². The van der Waals surface area contributed by atoms with Gasteiger partial charge in [0.05, 0.1) is 17.2 Å². The highest BCUT2D eigenvalue weighted by molar-refractivity contribution is 5.94. The van der Waals surface area contributed by atoms with E-state index in [1.165, 1.54) is 6.20 Å². The Bertz CT molecular complexity index is 755. The van der Waals surface area contributed by atoms with Crippen LogP contribution in [0, 0.1) is 10.1 Å². The standard InChI is InChI=1S/C13H9N3O2/c17-16(18)8-11-7-14-12-5-9-3-1-2-4-10(9)6-13(12)15-11/h1-7H,8H2. The van der Waals surface area contributed by atoms with Gasteiger partial charge < -0.3 is 0 Å². The molecule has 0 aliphatic heterocycles. The Labute approximate surface area is 102 Å². The predicted molar refractivity (Wildman–Crippen MR) is 67.7 cm³/mol. The first-order valence-electron chi connectivity index (χ1n) is 5.48. The van der Waals surface area contributed by atoms with Crippen molar-refractivity contribution in [3.8, 4) is 0 Å². The molecule has 3 aromatic rings. The predicted octanol–water partition coefficient (Wildman–Crippen LogP) is 2.56. The molecule has 2 aromatic carbocycles. The quantitative estimate of drug-likeness (QED) is 0.391. The summed E-state index contributed by atoms with van der Waals surface area (Å²) in [5.74, 6) is 0. The second-order valence-corrected chi connectivity index (χ2v) is 4.04. The molecule has 88 valence electrons. The molecule has 5 nitrogen and oxygen atoms in total. The minimum Gasteiger partial charge on any atom is -0.264 e. The van der Waals surface area contributed by atoms with Crippen LogP contribution in [0.15, 0.2) is 42.6 Å². The van der Waals surface area contributed by atoms with E-state index in [2.05, 4.69) is 9.97 Å². The van der Waals surface area contributed by atoms with Gasteiger partial charge in [-0.15, -0.1) is 0 Å². The zero-order valence-electron chi connectivity index (χ0n) is 9.41. The second-order valence-electron chi connectivity index (χ2n) is 4.04. The summed E-state index contributed by atoms with van der Waals surface area (Å²) < 4.78 is 0. The number of aromatic nitrogens is 2. The van der Waals surface area contributed by atoms with E-state index in [0.717, 1.165) is 16.3 Å². The fourth-order valence-corrected chi connectivity index (χ4v) is 1.95. The monoisotopic (exact) mass is 239 g/mol. The van der Waals surface area contributed by atoms with Crippen LogP contribution in [0.25, 0.3) is 21.8 Å². The van der Waals surface area contributed by atoms with Crippen molar-refractivity contribution in [2.24, 2.45) is 0 Å². The molecule has 0 bridgehead atoms. The molecule has 0 spiro atoms. The molecule has 0 N–H and O–H groups in total. The van der Waals surface area contributed by atoms with Crippen molar-refractivity contribution in [3.05, 3.63) is 58.4 Å². The third kappa shape index (κ3) is 1.86. The van der Waals surface area contributed by atoms with Crippen LogP contribution in [-0.2, 0) is 6.54 Å². The second kappa shape index (κ2) is 4.03. The maximum Gasteiger partial charge on any atom is 0.247 e. The third-order valence-electron chi connectivity index (χ3n) is 2.75. The topological polar surface area (TPSA) is 68.9 Å². The van der Waals surface area contributed by atoms with Gasteiger partial charge in [0.2, 0.25) is 6.54 Å². The van der Waals surface area contributed by atoms with Crippen LogP contribution in [0.5, 0.6) is 0 Å². The van der Waals surface area contributed by atoms with E-state index in [1.54, 1.807) is 0 Å². The van der Waals surface area contributed by atoms with Gasteiger partial charge >= 0.3 is 0 Å². The van der Waals surface area contributed by atoms with Gasteiger partial charge in [-0.2, -0.15) is 0 Å². The van der Waals surface area contributed by atoms with Crippen molar-refractivity contribution < 1.29 is 4.92 Å². The highest BCUT2D eigenvalue weighted by Crippen LogP contribution is 2.20. The van der Waals surface area contributed by atoms with E-state index < -0.39 is 4.92 Å². The lowest BCUT2D eigenvalue weighted by Crippen LogP contribution is -2.01. The van der Waals surface area contributed by atoms with Gasteiger partial charge in [-0.1, -0.05) is 24.3 Å². The summed E-state index contributed by atoms with van der Waals surface area (Å²) in [6.45, 7) is -0.296. The summed E-state index contributed by atoms with van der Waals surface area (Å²) in [5.41, 5.74) is 1.82. The molecule has 3 rings (SSSR count). The fourth-order valence-electron chi connectivity index (χ4n) is 1.95. The summed E-state index contributed by atoms with van der Waals surface area (Å²) >= 11 is 0. The number of hydrogen-bond acceptors (Lipinski definition) is 4. The number of hydrogen-bond donors (Lipinski definition) is 0. The van der Waals surface area contributed by atoms with Gasteiger partial charge in [0.15, 0.2) is 0 Å². The molecule has 0 aliphatic rings. The number of rotatable bonds is 2. The van der Waals surface area contributed by atoms with Gasteiger partial charge in [0.25, 0.3) is 0 Å². The van der Waals surface area contributed by atoms with Crippen LogP contribution in [0.1, 0.15) is 5.69 Å². The van der Waals surface area contributed by atoms with Crippen LogP contribution in [0.2, 0.25) is 0 Å². The summed E-state index contributed by atoms with van der Waals surface area (Å²) in [7, 11) is 0. The molecule has 0 radical (unpaired) electrons. The molecule has 5 heteroatoms. The molecule has 1 heterocycles. The maximum absolute atomic E-state index is 10.5. The molecule has 0 saturated heterocycles. The van der Waals surface area contributed by atoms with Crippen molar-refractivity contribution in [3.63, 3.8) is 0 Å². The van der Waals surface area contributed by atoms with E-state index in [-0.39, 0.29) is 6.54 Å². The smallest absolute Gasteiger partial charge is 0.247 e. The summed E-state index contributed by atoms with van der Waals surface area (Å²) in [5, 5.41) is 12.6. The fraction of sp³-hybridized carbons (Fsp3) is 0.0769. The minimum atomic E-state index is -0.406. The van der Waals surface area contributed by atoms with Gasteiger partial charge in [-0.05, 0) is 22.9 Å². The maximum atomic E-state index is 10.5. The van der Waals surface area contributed by atoms with E-state index >= 15 is 0 Å². The molecule has 0 saturated carbocycles. The first kappa shape index (κ1) is 10.6. The molecule has 0 aliphatic carbocycles. The first-order valence-corrected chi connectivity index (χ1v) is 5.48. The van der Waals surface area contributed by atoms with Crippen molar-refractivity contribution >= 4 is 21.8 Å². The van der Waals surface area contributed by atoms with Crippen LogP contribution in [-0.4, -0.2) is 14.9 Å². The van der Waals surface area contributed by atoms with Crippen LogP contribution in [0.3, 0.4) is 0 Å². The summed E-state index contributed by atoms with van der Waals surface area (Å²) in [4.78, 5) is 18.5. The molecular weight excluding hydrogens is 230 g/mol. The number of nitro groups is 1. The van der Waals surface area contributed by atoms with E-state index in [9.17, 15) is 10.1 Å². The largest absolute Gasteiger partial charge is 0.264 e. The van der Waals surface area contributed by atoms with Crippen molar-refractivity contribution in [1.82, 2.24) is 9.97 Å². The number of benzene rings is 2. The van der Waals surface area contributed by atoms with Gasteiger partial charge in [0.1, 0.15) is 5.69 Å². The molecule has 0 unspecified atom stereocenters. The zero-order valence-corrected chi connectivity index (χ0v) is 9.41. The Morgan fingerprint density at radius 2 is 1.78 bits per heavy atom. The molecule has 1 aromatic heterocycles. The van der Waals surface area contributed by atoms with E-state index in [4.69, 9.17) is 0 Å². The molecule has 18 heavy (non-hydrogen) atoms. The van der Waals surface area contributed by atoms with Crippen molar-refractivity contribution in [2.45, 2.75) is 6.54 Å². The summed E-state index contributed by atoms with van der Waals surface area (Å²) in [6, 6.07) is 11.7. The third-order valence-corrected chi connectivity index (χ3v) is 2.75. The molecule has 0 amide bonds. The van der Waals surface area contributed by atoms with E-state index in [0.29, 0.717) is 11.2 Å². The Hall–Kier alpha value is -2.56. The SMILES string of the molecule is O=[N+]([O-])Cc1cnc2cc3ccccc3cc2n1. The highest BCUT2D eigenvalue weighted by atomic mass is 16.6. The zero-order chi connectivity index (χ0) is 12.5. The van der Waals surface area contributed by atoms with Gasteiger partial charge in [0, 0.05) is 4.92 Å². The number of nitrogens with zero attached hydrogens (tertiary/aromatic N) is 3. The number of fused-ring (bicyclic) bond motifs is 2. The Morgan fingerprint density at radius 1 is 1.11 bits per heavy atom. The van der Waals surface area contributed by atoms with Gasteiger partial charge in [-0.25, -0.2) is 4.98 Å². The highest BCUT2D eigenvalue weighted by Gasteiger charge is 2.06. The lowest BCUT2D eigenvalue weighted by molar-refractivity contribution is -0.497. The van der Waals surface area contributed by atoms with Crippen LogP contribution in [0.4, 0.5) is 0 Å². The lowest BCUT2D eigenvalue weighted by Gasteiger charge is -2.02. The first-order chi connectivity index (χ1) is 8.72. The minimum absolute atomic E-state index is 0.296.